The summed E-state index contributed by atoms with van der Waals surface area (Å²) in [4.78, 5) is 0. The largest absolute Gasteiger partial charge is 0.349 e. The summed E-state index contributed by atoms with van der Waals surface area (Å²) in [5, 5.41) is 0. The van der Waals surface area contributed by atoms with E-state index in [0.717, 1.165) is 30.5 Å². The van der Waals surface area contributed by atoms with E-state index in [-0.39, 0.29) is 11.2 Å². The predicted molar refractivity (Wildman–Crippen MR) is 65.5 cm³/mol. The molecule has 1 heterocycles. The second-order valence-electron chi connectivity index (χ2n) is 7.99. The molecule has 2 spiro atoms. The second-order valence-corrected chi connectivity index (χ2v) is 7.99. The summed E-state index contributed by atoms with van der Waals surface area (Å²) >= 11 is 0. The van der Waals surface area contributed by atoms with Crippen molar-refractivity contribution in [1.29, 1.82) is 0 Å². The highest BCUT2D eigenvalue weighted by atomic mass is 16.7. The zero-order chi connectivity index (χ0) is 11.7. The smallest absolute Gasteiger partial charge is 0.168 e. The van der Waals surface area contributed by atoms with Crippen molar-refractivity contribution in [3.05, 3.63) is 0 Å². The minimum absolute atomic E-state index is 0.179. The van der Waals surface area contributed by atoms with Gasteiger partial charge in [0.05, 0.1) is 13.2 Å². The summed E-state index contributed by atoms with van der Waals surface area (Å²) in [5.41, 5.74) is 1.01. The Balaban J connectivity index is 1.46. The second kappa shape index (κ2) is 3.08. The Bertz CT molecular complexity index is 315. The third kappa shape index (κ3) is 1.67. The molecule has 0 aromatic carbocycles. The van der Waals surface area contributed by atoms with Gasteiger partial charge < -0.3 is 9.47 Å². The fraction of sp³-hybridized carbons (Fsp3) is 1.00. The number of fused-ring (bicyclic) bond motifs is 1. The van der Waals surface area contributed by atoms with Gasteiger partial charge >= 0.3 is 0 Å². The first-order chi connectivity index (χ1) is 8.00. The first kappa shape index (κ1) is 10.8. The molecule has 0 N–H and O–H groups in total. The van der Waals surface area contributed by atoms with E-state index >= 15 is 0 Å². The minimum atomic E-state index is -0.179. The van der Waals surface area contributed by atoms with Crippen LogP contribution in [0.2, 0.25) is 0 Å². The Labute approximate surface area is 104 Å². The first-order valence-electron chi connectivity index (χ1n) is 7.28. The van der Waals surface area contributed by atoms with E-state index in [9.17, 15) is 0 Å². The summed E-state index contributed by atoms with van der Waals surface area (Å²) in [6.07, 6.45) is 8.29. The van der Waals surface area contributed by atoms with E-state index in [4.69, 9.17) is 9.47 Å². The van der Waals surface area contributed by atoms with E-state index in [1.165, 1.54) is 38.5 Å². The lowest BCUT2D eigenvalue weighted by Crippen LogP contribution is -2.46. The molecule has 0 bridgehead atoms. The van der Waals surface area contributed by atoms with Crippen LogP contribution in [-0.4, -0.2) is 19.0 Å². The minimum Gasteiger partial charge on any atom is -0.349 e. The highest BCUT2D eigenvalue weighted by molar-refractivity contribution is 5.08. The molecule has 96 valence electrons. The van der Waals surface area contributed by atoms with Crippen LogP contribution >= 0.6 is 0 Å². The van der Waals surface area contributed by atoms with Crippen molar-refractivity contribution in [3.8, 4) is 0 Å². The van der Waals surface area contributed by atoms with Crippen molar-refractivity contribution in [2.75, 3.05) is 13.2 Å². The van der Waals surface area contributed by atoms with Crippen LogP contribution in [0, 0.1) is 22.7 Å². The number of rotatable bonds is 0. The normalized spacial score (nSPS) is 44.1. The van der Waals surface area contributed by atoms with Gasteiger partial charge in [0.2, 0.25) is 0 Å². The van der Waals surface area contributed by atoms with Gasteiger partial charge in [-0.1, -0.05) is 13.8 Å². The molecule has 1 aliphatic heterocycles. The molecule has 3 aliphatic carbocycles. The molecule has 4 rings (SSSR count). The lowest BCUT2D eigenvalue weighted by atomic mass is 9.93. The molecule has 0 aromatic heterocycles. The van der Waals surface area contributed by atoms with Crippen LogP contribution in [0.5, 0.6) is 0 Å². The summed E-state index contributed by atoms with van der Waals surface area (Å²) in [5.74, 6) is 1.62. The van der Waals surface area contributed by atoms with Crippen molar-refractivity contribution < 1.29 is 9.47 Å². The van der Waals surface area contributed by atoms with Gasteiger partial charge in [0, 0.05) is 18.3 Å². The molecule has 2 atom stereocenters. The van der Waals surface area contributed by atoms with Crippen LogP contribution in [0.15, 0.2) is 0 Å². The maximum Gasteiger partial charge on any atom is 0.168 e. The first-order valence-corrected chi connectivity index (χ1v) is 7.28. The quantitative estimate of drug-likeness (QED) is 0.642. The fourth-order valence-corrected chi connectivity index (χ4v) is 4.45. The van der Waals surface area contributed by atoms with Crippen molar-refractivity contribution >= 4 is 0 Å². The molecule has 4 aliphatic rings. The molecule has 2 nitrogen and oxygen atoms in total. The van der Waals surface area contributed by atoms with Gasteiger partial charge in [0.15, 0.2) is 5.79 Å². The third-order valence-corrected chi connectivity index (χ3v) is 5.61. The van der Waals surface area contributed by atoms with Gasteiger partial charge in [-0.3, -0.25) is 0 Å². The molecule has 4 fully saturated rings. The van der Waals surface area contributed by atoms with E-state index in [1.54, 1.807) is 0 Å². The van der Waals surface area contributed by atoms with E-state index in [0.29, 0.717) is 0 Å². The average Bonchev–Trinajstić information content (AvgIpc) is 2.79. The van der Waals surface area contributed by atoms with E-state index in [2.05, 4.69) is 13.8 Å². The Kier molecular flexibility index (Phi) is 1.96. The Morgan fingerprint density at radius 1 is 0.824 bits per heavy atom. The Morgan fingerprint density at radius 3 is 1.82 bits per heavy atom. The number of hydrogen-bond acceptors (Lipinski definition) is 2. The summed E-state index contributed by atoms with van der Waals surface area (Å²) in [6.45, 7) is 6.21. The van der Waals surface area contributed by atoms with Crippen LogP contribution < -0.4 is 0 Å². The summed E-state index contributed by atoms with van der Waals surface area (Å²) in [6, 6.07) is 0. The zero-order valence-electron chi connectivity index (χ0n) is 11.1. The summed E-state index contributed by atoms with van der Waals surface area (Å²) < 4.78 is 12.3. The van der Waals surface area contributed by atoms with Gasteiger partial charge in [0.25, 0.3) is 0 Å². The molecule has 0 radical (unpaired) electrons. The standard InChI is InChI=1S/C15H24O2/c1-13(2)9-16-15(17-10-13)7-11-5-14(3-4-14)6-12(11)8-15/h11-12H,3-10H2,1-2H3/t11-,12+. The highest BCUT2D eigenvalue weighted by Crippen LogP contribution is 2.67. The molecular formula is C15H24O2. The monoisotopic (exact) mass is 236 g/mol. The van der Waals surface area contributed by atoms with Gasteiger partial charge in [-0.2, -0.15) is 0 Å². The maximum atomic E-state index is 6.14. The van der Waals surface area contributed by atoms with E-state index < -0.39 is 0 Å². The molecule has 0 amide bonds. The van der Waals surface area contributed by atoms with E-state index in [1.807, 2.05) is 0 Å². The third-order valence-electron chi connectivity index (χ3n) is 5.61. The van der Waals surface area contributed by atoms with Crippen molar-refractivity contribution in [2.45, 2.75) is 58.2 Å². The van der Waals surface area contributed by atoms with Gasteiger partial charge in [-0.05, 0) is 42.9 Å². The predicted octanol–water partition coefficient (Wildman–Crippen LogP) is 3.36. The van der Waals surface area contributed by atoms with Crippen LogP contribution in [0.1, 0.15) is 52.4 Å². The van der Waals surface area contributed by atoms with Crippen LogP contribution in [-0.2, 0) is 9.47 Å². The Morgan fingerprint density at radius 2 is 1.35 bits per heavy atom. The molecule has 0 unspecified atom stereocenters. The SMILES string of the molecule is CC1(C)COC2(C[C@H]3CC4(CC4)C[C@H]3C2)OC1. The topological polar surface area (TPSA) is 18.5 Å². The average molecular weight is 236 g/mol. The van der Waals surface area contributed by atoms with Gasteiger partial charge in [0.1, 0.15) is 0 Å². The van der Waals surface area contributed by atoms with Crippen LogP contribution in [0.4, 0.5) is 0 Å². The van der Waals surface area contributed by atoms with Crippen molar-refractivity contribution in [2.24, 2.45) is 22.7 Å². The molecule has 1 saturated heterocycles. The number of hydrogen-bond donors (Lipinski definition) is 0. The van der Waals surface area contributed by atoms with Gasteiger partial charge in [-0.15, -0.1) is 0 Å². The molecule has 2 heteroatoms. The Hall–Kier alpha value is -0.0800. The van der Waals surface area contributed by atoms with Crippen molar-refractivity contribution in [3.63, 3.8) is 0 Å². The fourth-order valence-electron chi connectivity index (χ4n) is 4.45. The van der Waals surface area contributed by atoms with Crippen LogP contribution in [0.3, 0.4) is 0 Å². The number of ether oxygens (including phenoxy) is 2. The lowest BCUT2D eigenvalue weighted by Gasteiger charge is -2.42. The van der Waals surface area contributed by atoms with Crippen molar-refractivity contribution in [1.82, 2.24) is 0 Å². The molecule has 0 aromatic rings. The van der Waals surface area contributed by atoms with Crippen LogP contribution in [0.25, 0.3) is 0 Å². The molecule has 3 saturated carbocycles. The van der Waals surface area contributed by atoms with Gasteiger partial charge in [-0.25, -0.2) is 0 Å². The molecular weight excluding hydrogens is 212 g/mol. The maximum absolute atomic E-state index is 6.14. The molecule has 17 heavy (non-hydrogen) atoms. The highest BCUT2D eigenvalue weighted by Gasteiger charge is 2.60. The summed E-state index contributed by atoms with van der Waals surface area (Å²) in [7, 11) is 0. The zero-order valence-corrected chi connectivity index (χ0v) is 11.1. The lowest BCUT2D eigenvalue weighted by molar-refractivity contribution is -0.297.